The average molecular weight is 352 g/mol. The highest BCUT2D eigenvalue weighted by atomic mass is 15.3. The minimum atomic E-state index is 0.927. The molecule has 2 aromatic rings. The number of hydrogen-bond acceptors (Lipinski definition) is 6. The van der Waals surface area contributed by atoms with Gasteiger partial charge in [0.05, 0.1) is 0 Å². The van der Waals surface area contributed by atoms with Crippen LogP contribution in [0.3, 0.4) is 0 Å². The summed E-state index contributed by atoms with van der Waals surface area (Å²) in [6.45, 7) is 8.57. The highest BCUT2D eigenvalue weighted by molar-refractivity contribution is 5.40. The summed E-state index contributed by atoms with van der Waals surface area (Å²) in [6, 6.07) is 4.45. The van der Waals surface area contributed by atoms with E-state index in [9.17, 15) is 0 Å². The molecule has 4 rings (SSSR count). The molecule has 0 radical (unpaired) electrons. The van der Waals surface area contributed by atoms with Gasteiger partial charge >= 0.3 is 0 Å². The number of piperidine rings is 1. The Kier molecular flexibility index (Phi) is 5.72. The summed E-state index contributed by atoms with van der Waals surface area (Å²) in [5.74, 6) is 1.11. The topological polar surface area (TPSA) is 48.4 Å². The summed E-state index contributed by atoms with van der Waals surface area (Å²) in [5.41, 5.74) is 2.51. The van der Waals surface area contributed by atoms with E-state index < -0.39 is 0 Å². The van der Waals surface area contributed by atoms with E-state index in [2.05, 4.69) is 43.0 Å². The van der Waals surface area contributed by atoms with Crippen LogP contribution in [0.25, 0.3) is 0 Å². The van der Waals surface area contributed by atoms with Crippen LogP contribution in [-0.2, 0) is 13.1 Å². The molecular formula is C20H28N6. The Bertz CT molecular complexity index is 660. The summed E-state index contributed by atoms with van der Waals surface area (Å²) in [5, 5.41) is 0. The summed E-state index contributed by atoms with van der Waals surface area (Å²) in [7, 11) is 0. The van der Waals surface area contributed by atoms with Gasteiger partial charge in [0.15, 0.2) is 0 Å². The lowest BCUT2D eigenvalue weighted by atomic mass is 10.1. The van der Waals surface area contributed by atoms with Crippen LogP contribution in [-0.4, -0.2) is 64.0 Å². The molecule has 0 unspecified atom stereocenters. The van der Waals surface area contributed by atoms with Gasteiger partial charge in [-0.2, -0.15) is 0 Å². The zero-order chi connectivity index (χ0) is 17.6. The average Bonchev–Trinajstić information content (AvgIpc) is 2.71. The number of anilines is 1. The van der Waals surface area contributed by atoms with Crippen molar-refractivity contribution in [3.05, 3.63) is 48.2 Å². The summed E-state index contributed by atoms with van der Waals surface area (Å²) >= 11 is 0. The first-order chi connectivity index (χ1) is 12.9. The van der Waals surface area contributed by atoms with Crippen molar-refractivity contribution < 1.29 is 0 Å². The fourth-order valence-electron chi connectivity index (χ4n) is 3.88. The predicted molar refractivity (Wildman–Crippen MR) is 103 cm³/mol. The van der Waals surface area contributed by atoms with Crippen LogP contribution in [0.15, 0.2) is 37.1 Å². The maximum atomic E-state index is 4.74. The SMILES string of the molecule is c1ncc(CN2CCN(c3ccc(CN4CCCCC4)cn3)CC2)cn1. The molecule has 0 saturated carbocycles. The van der Waals surface area contributed by atoms with Gasteiger partial charge in [-0.25, -0.2) is 15.0 Å². The second kappa shape index (κ2) is 8.56. The molecule has 2 aliphatic rings. The molecule has 0 N–H and O–H groups in total. The lowest BCUT2D eigenvalue weighted by Gasteiger charge is -2.35. The van der Waals surface area contributed by atoms with Gasteiger partial charge < -0.3 is 4.90 Å². The molecule has 2 aromatic heterocycles. The maximum absolute atomic E-state index is 4.74. The van der Waals surface area contributed by atoms with Crippen molar-refractivity contribution in [1.29, 1.82) is 0 Å². The molecule has 0 amide bonds. The van der Waals surface area contributed by atoms with Gasteiger partial charge in [-0.15, -0.1) is 0 Å². The Hall–Kier alpha value is -2.05. The molecule has 2 saturated heterocycles. The molecule has 0 atom stereocenters. The van der Waals surface area contributed by atoms with Crippen molar-refractivity contribution in [2.24, 2.45) is 0 Å². The Labute approximate surface area is 155 Å². The van der Waals surface area contributed by atoms with Crippen LogP contribution in [0.1, 0.15) is 30.4 Å². The van der Waals surface area contributed by atoms with Crippen molar-refractivity contribution in [2.45, 2.75) is 32.4 Å². The number of pyridine rings is 1. The van der Waals surface area contributed by atoms with Crippen LogP contribution >= 0.6 is 0 Å². The number of likely N-dealkylation sites (tertiary alicyclic amines) is 1. The quantitative estimate of drug-likeness (QED) is 0.822. The van der Waals surface area contributed by atoms with Crippen LogP contribution in [0, 0.1) is 0 Å². The number of piperazine rings is 1. The van der Waals surface area contributed by atoms with E-state index in [-0.39, 0.29) is 0 Å². The van der Waals surface area contributed by atoms with Crippen LogP contribution in [0.4, 0.5) is 5.82 Å². The third-order valence-electron chi connectivity index (χ3n) is 5.38. The maximum Gasteiger partial charge on any atom is 0.128 e. The standard InChI is InChI=1S/C20H28N6/c1-2-6-24(7-3-1)15-18-4-5-20(23-14-18)26-10-8-25(9-11-26)16-19-12-21-17-22-13-19/h4-5,12-14,17H,1-3,6-11,15-16H2. The second-order valence-electron chi connectivity index (χ2n) is 7.37. The largest absolute Gasteiger partial charge is 0.354 e. The molecular weight excluding hydrogens is 324 g/mol. The monoisotopic (exact) mass is 352 g/mol. The minimum Gasteiger partial charge on any atom is -0.354 e. The Balaban J connectivity index is 1.27. The number of rotatable bonds is 5. The number of hydrogen-bond donors (Lipinski definition) is 0. The first-order valence-corrected chi connectivity index (χ1v) is 9.75. The summed E-state index contributed by atoms with van der Waals surface area (Å²) in [6.07, 6.45) is 11.5. The van der Waals surface area contributed by atoms with Crippen LogP contribution in [0.2, 0.25) is 0 Å². The molecule has 2 aliphatic heterocycles. The smallest absolute Gasteiger partial charge is 0.128 e. The Morgan fingerprint density at radius 2 is 1.38 bits per heavy atom. The van der Waals surface area contributed by atoms with Crippen molar-refractivity contribution in [2.75, 3.05) is 44.2 Å². The van der Waals surface area contributed by atoms with Crippen LogP contribution in [0.5, 0.6) is 0 Å². The summed E-state index contributed by atoms with van der Waals surface area (Å²) in [4.78, 5) is 20.3. The fourth-order valence-corrected chi connectivity index (χ4v) is 3.88. The third-order valence-corrected chi connectivity index (χ3v) is 5.38. The molecule has 6 heteroatoms. The minimum absolute atomic E-state index is 0.927. The lowest BCUT2D eigenvalue weighted by Crippen LogP contribution is -2.46. The summed E-state index contributed by atoms with van der Waals surface area (Å²) < 4.78 is 0. The van der Waals surface area contributed by atoms with Crippen molar-refractivity contribution in [3.63, 3.8) is 0 Å². The predicted octanol–water partition coefficient (Wildman–Crippen LogP) is 2.18. The fraction of sp³-hybridized carbons (Fsp3) is 0.550. The molecule has 4 heterocycles. The molecule has 0 bridgehead atoms. The van der Waals surface area contributed by atoms with Gasteiger partial charge in [0.1, 0.15) is 12.1 Å². The highest BCUT2D eigenvalue weighted by Gasteiger charge is 2.18. The van der Waals surface area contributed by atoms with E-state index in [0.717, 1.165) is 45.1 Å². The molecule has 2 fully saturated rings. The van der Waals surface area contributed by atoms with Gasteiger partial charge in [-0.3, -0.25) is 9.80 Å². The van der Waals surface area contributed by atoms with Crippen molar-refractivity contribution in [3.8, 4) is 0 Å². The van der Waals surface area contributed by atoms with E-state index in [0.29, 0.717) is 0 Å². The first-order valence-electron chi connectivity index (χ1n) is 9.75. The van der Waals surface area contributed by atoms with E-state index in [1.807, 2.05) is 12.4 Å². The normalized spacial score (nSPS) is 19.6. The van der Waals surface area contributed by atoms with E-state index >= 15 is 0 Å². The first kappa shape index (κ1) is 17.4. The van der Waals surface area contributed by atoms with E-state index in [1.54, 1.807) is 6.33 Å². The molecule has 0 aromatic carbocycles. The van der Waals surface area contributed by atoms with Crippen LogP contribution < -0.4 is 4.90 Å². The molecule has 138 valence electrons. The van der Waals surface area contributed by atoms with Gasteiger partial charge in [0.2, 0.25) is 0 Å². The van der Waals surface area contributed by atoms with Crippen molar-refractivity contribution >= 4 is 5.82 Å². The molecule has 0 spiro atoms. The van der Waals surface area contributed by atoms with Crippen molar-refractivity contribution in [1.82, 2.24) is 24.8 Å². The van der Waals surface area contributed by atoms with Gasteiger partial charge in [0, 0.05) is 63.4 Å². The Morgan fingerprint density at radius 3 is 2.08 bits per heavy atom. The third kappa shape index (κ3) is 4.56. The lowest BCUT2D eigenvalue weighted by molar-refractivity contribution is 0.220. The molecule has 26 heavy (non-hydrogen) atoms. The molecule has 0 aliphatic carbocycles. The van der Waals surface area contributed by atoms with E-state index in [4.69, 9.17) is 4.98 Å². The van der Waals surface area contributed by atoms with E-state index in [1.165, 1.54) is 43.5 Å². The molecule has 6 nitrogen and oxygen atoms in total. The highest BCUT2D eigenvalue weighted by Crippen LogP contribution is 2.17. The zero-order valence-corrected chi connectivity index (χ0v) is 15.4. The van der Waals surface area contributed by atoms with Gasteiger partial charge in [-0.05, 0) is 37.6 Å². The second-order valence-corrected chi connectivity index (χ2v) is 7.37. The number of nitrogens with zero attached hydrogens (tertiary/aromatic N) is 6. The Morgan fingerprint density at radius 1 is 0.692 bits per heavy atom. The van der Waals surface area contributed by atoms with Gasteiger partial charge in [-0.1, -0.05) is 12.5 Å². The van der Waals surface area contributed by atoms with Gasteiger partial charge in [0.25, 0.3) is 0 Å². The number of aromatic nitrogens is 3. The zero-order valence-electron chi connectivity index (χ0n) is 15.4.